The molecule has 0 radical (unpaired) electrons. The summed E-state index contributed by atoms with van der Waals surface area (Å²) in [5.74, 6) is 0. The van der Waals surface area contributed by atoms with Gasteiger partial charge in [-0.1, -0.05) is 115 Å². The monoisotopic (exact) mass is 562 g/mol. The fourth-order valence-corrected chi connectivity index (χ4v) is 6.85. The predicted molar refractivity (Wildman–Crippen MR) is 183 cm³/mol. The minimum atomic E-state index is 0.877. The van der Waals surface area contributed by atoms with Gasteiger partial charge in [0.15, 0.2) is 0 Å². The van der Waals surface area contributed by atoms with Crippen LogP contribution in [0, 0.1) is 13.8 Å². The third kappa shape index (κ3) is 3.58. The maximum atomic E-state index is 5.31. The molecule has 2 heterocycles. The number of nitrogens with zero attached hydrogens (tertiary/aromatic N) is 4. The predicted octanol–water partition coefficient (Wildman–Crippen LogP) is 10.1. The maximum Gasteiger partial charge on any atom is 0.0979 e. The molecule has 4 nitrogen and oxygen atoms in total. The van der Waals surface area contributed by atoms with Crippen molar-refractivity contribution in [3.05, 3.63) is 133 Å². The van der Waals surface area contributed by atoms with Gasteiger partial charge < -0.3 is 0 Å². The van der Waals surface area contributed by atoms with Crippen molar-refractivity contribution in [1.29, 1.82) is 0 Å². The van der Waals surface area contributed by atoms with Crippen molar-refractivity contribution in [2.24, 2.45) is 0 Å². The lowest BCUT2D eigenvalue weighted by Crippen LogP contribution is -1.98. The number of aryl methyl sites for hydroxylation is 2. The molecule has 2 aromatic heterocycles. The zero-order chi connectivity index (χ0) is 29.4. The van der Waals surface area contributed by atoms with E-state index in [-0.39, 0.29) is 0 Å². The zero-order valence-corrected chi connectivity index (χ0v) is 24.3. The third-order valence-corrected chi connectivity index (χ3v) is 8.86. The molecule has 0 aliphatic rings. The summed E-state index contributed by atoms with van der Waals surface area (Å²) >= 11 is 0. The molecule has 0 spiro atoms. The topological polar surface area (TPSA) is 51.6 Å². The second kappa shape index (κ2) is 9.38. The van der Waals surface area contributed by atoms with Gasteiger partial charge in [0, 0.05) is 32.7 Å². The smallest absolute Gasteiger partial charge is 0.0979 e. The molecule has 0 saturated heterocycles. The summed E-state index contributed by atoms with van der Waals surface area (Å²) in [7, 11) is 0. The molecule has 0 fully saturated rings. The second-order valence-corrected chi connectivity index (χ2v) is 11.5. The first-order valence-corrected chi connectivity index (χ1v) is 14.9. The van der Waals surface area contributed by atoms with E-state index in [0.29, 0.717) is 0 Å². The van der Waals surface area contributed by atoms with Crippen LogP contribution in [0.25, 0.3) is 87.7 Å². The van der Waals surface area contributed by atoms with Gasteiger partial charge in [0.25, 0.3) is 0 Å². The zero-order valence-electron chi connectivity index (χ0n) is 24.3. The molecule has 4 heteroatoms. The van der Waals surface area contributed by atoms with Crippen LogP contribution < -0.4 is 0 Å². The molecule has 0 atom stereocenters. The number of aromatic nitrogens is 4. The third-order valence-electron chi connectivity index (χ3n) is 8.86. The molecular weight excluding hydrogens is 536 g/mol. The standard InChI is InChI=1S/C40H26N4/c1-23-35(43-39-33-20-9-5-16-29(33)27-14-3-7-18-31(27)37(39)41-23)25-12-11-13-26(22-25)36-24(2)42-38-32-19-8-4-15-28(32)30-17-6-10-21-34(30)40(38)44-36/h3-22H,1-2H3. The Morgan fingerprint density at radius 2 is 0.614 bits per heavy atom. The number of fused-ring (bicyclic) bond motifs is 12. The minimum absolute atomic E-state index is 0.877. The molecule has 0 N–H and O–H groups in total. The molecule has 206 valence electrons. The summed E-state index contributed by atoms with van der Waals surface area (Å²) in [4.78, 5) is 20.9. The number of rotatable bonds is 2. The van der Waals surface area contributed by atoms with Crippen LogP contribution in [-0.4, -0.2) is 19.9 Å². The summed E-state index contributed by atoms with van der Waals surface area (Å²) in [6, 6.07) is 42.4. The van der Waals surface area contributed by atoms with Gasteiger partial charge >= 0.3 is 0 Å². The van der Waals surface area contributed by atoms with Crippen molar-refractivity contribution in [1.82, 2.24) is 19.9 Å². The Balaban J connectivity index is 1.27. The Kier molecular flexibility index (Phi) is 5.29. The Bertz CT molecular complexity index is 2460. The van der Waals surface area contributed by atoms with Crippen LogP contribution in [0.4, 0.5) is 0 Å². The molecule has 0 aliphatic carbocycles. The summed E-state index contributed by atoms with van der Waals surface area (Å²) in [6.07, 6.45) is 0. The van der Waals surface area contributed by atoms with Gasteiger partial charge in [-0.05, 0) is 41.5 Å². The first-order chi connectivity index (χ1) is 21.7. The van der Waals surface area contributed by atoms with E-state index in [2.05, 4.69) is 135 Å². The summed E-state index contributed by atoms with van der Waals surface area (Å²) in [5.41, 5.74) is 9.29. The molecule has 44 heavy (non-hydrogen) atoms. The summed E-state index contributed by atoms with van der Waals surface area (Å²) in [5, 5.41) is 9.25. The van der Waals surface area contributed by atoms with Crippen LogP contribution in [0.1, 0.15) is 11.4 Å². The van der Waals surface area contributed by atoms with E-state index in [0.717, 1.165) is 77.5 Å². The minimum Gasteiger partial charge on any atom is -0.249 e. The fourth-order valence-electron chi connectivity index (χ4n) is 6.85. The highest BCUT2D eigenvalue weighted by Crippen LogP contribution is 2.37. The Hall–Kier alpha value is -5.74. The van der Waals surface area contributed by atoms with E-state index in [4.69, 9.17) is 19.9 Å². The average molecular weight is 563 g/mol. The summed E-state index contributed by atoms with van der Waals surface area (Å²) in [6.45, 7) is 4.10. The Morgan fingerprint density at radius 3 is 0.955 bits per heavy atom. The molecule has 0 saturated carbocycles. The lowest BCUT2D eigenvalue weighted by atomic mass is 9.98. The van der Waals surface area contributed by atoms with Gasteiger partial charge in [0.2, 0.25) is 0 Å². The highest BCUT2D eigenvalue weighted by atomic mass is 14.8. The number of hydrogen-bond donors (Lipinski definition) is 0. The molecule has 9 aromatic rings. The second-order valence-electron chi connectivity index (χ2n) is 11.5. The molecule has 7 aromatic carbocycles. The van der Waals surface area contributed by atoms with Crippen molar-refractivity contribution < 1.29 is 0 Å². The largest absolute Gasteiger partial charge is 0.249 e. The van der Waals surface area contributed by atoms with E-state index in [1.165, 1.54) is 21.5 Å². The number of hydrogen-bond acceptors (Lipinski definition) is 4. The normalized spacial score (nSPS) is 11.9. The lowest BCUT2D eigenvalue weighted by molar-refractivity contribution is 1.19. The quantitative estimate of drug-likeness (QED) is 0.197. The molecule has 0 aliphatic heterocycles. The van der Waals surface area contributed by atoms with E-state index in [9.17, 15) is 0 Å². The van der Waals surface area contributed by atoms with Crippen molar-refractivity contribution in [3.63, 3.8) is 0 Å². The van der Waals surface area contributed by atoms with Gasteiger partial charge in [-0.3, -0.25) is 0 Å². The first kappa shape index (κ1) is 24.8. The average Bonchev–Trinajstić information content (AvgIpc) is 3.08. The highest BCUT2D eigenvalue weighted by Gasteiger charge is 2.17. The van der Waals surface area contributed by atoms with Gasteiger partial charge in [-0.2, -0.15) is 0 Å². The van der Waals surface area contributed by atoms with E-state index in [1.54, 1.807) is 0 Å². The number of benzene rings is 7. The molecule has 0 bridgehead atoms. The first-order valence-electron chi connectivity index (χ1n) is 14.9. The van der Waals surface area contributed by atoms with Crippen LogP contribution in [0.15, 0.2) is 121 Å². The SMILES string of the molecule is Cc1nc2c3ccccc3c3ccccc3c2nc1-c1cccc(-c2nc3c4ccccc4c4ccccc4c3nc2C)c1. The van der Waals surface area contributed by atoms with Crippen LogP contribution in [0.5, 0.6) is 0 Å². The van der Waals surface area contributed by atoms with Crippen LogP contribution in [0.3, 0.4) is 0 Å². The van der Waals surface area contributed by atoms with Crippen LogP contribution in [-0.2, 0) is 0 Å². The van der Waals surface area contributed by atoms with Crippen molar-refractivity contribution in [3.8, 4) is 22.5 Å². The van der Waals surface area contributed by atoms with Crippen molar-refractivity contribution in [2.45, 2.75) is 13.8 Å². The van der Waals surface area contributed by atoms with E-state index < -0.39 is 0 Å². The van der Waals surface area contributed by atoms with Crippen molar-refractivity contribution >= 4 is 65.2 Å². The van der Waals surface area contributed by atoms with Gasteiger partial charge in [0.1, 0.15) is 0 Å². The van der Waals surface area contributed by atoms with Crippen LogP contribution >= 0.6 is 0 Å². The Morgan fingerprint density at radius 1 is 0.318 bits per heavy atom. The van der Waals surface area contributed by atoms with Crippen molar-refractivity contribution in [2.75, 3.05) is 0 Å². The van der Waals surface area contributed by atoms with Gasteiger partial charge in [-0.25, -0.2) is 19.9 Å². The van der Waals surface area contributed by atoms with Gasteiger partial charge in [0.05, 0.1) is 44.8 Å². The van der Waals surface area contributed by atoms with Crippen LogP contribution in [0.2, 0.25) is 0 Å². The Labute approximate surface area is 253 Å². The van der Waals surface area contributed by atoms with E-state index in [1.807, 2.05) is 0 Å². The highest BCUT2D eigenvalue weighted by molar-refractivity contribution is 6.24. The molecule has 0 amide bonds. The van der Waals surface area contributed by atoms with Gasteiger partial charge in [-0.15, -0.1) is 0 Å². The maximum absolute atomic E-state index is 5.31. The fraction of sp³-hybridized carbons (Fsp3) is 0.0500. The molecular formula is C40H26N4. The lowest BCUT2D eigenvalue weighted by Gasteiger charge is -2.14. The molecule has 9 rings (SSSR count). The summed E-state index contributed by atoms with van der Waals surface area (Å²) < 4.78 is 0. The molecule has 0 unspecified atom stereocenters. The van der Waals surface area contributed by atoms with E-state index >= 15 is 0 Å².